The van der Waals surface area contributed by atoms with Gasteiger partial charge in [-0.15, -0.1) is 0 Å². The maximum Gasteiger partial charge on any atom is 0.259 e. The molecule has 1 aromatic heterocycles. The number of aromatic nitrogens is 2. The molecule has 2 N–H and O–H groups in total. The summed E-state index contributed by atoms with van der Waals surface area (Å²) in [5, 5.41) is 11.2. The minimum absolute atomic E-state index is 0.170. The molecule has 2 aromatic rings. The Labute approximate surface area is 143 Å². The highest BCUT2D eigenvalue weighted by molar-refractivity contribution is 14.1. The number of carbonyl (C=O) groups is 1. The number of nitrogens with zero attached hydrogens (tertiary/aromatic N) is 3. The number of carbonyl (C=O) groups excluding carboxylic acids is 1. The van der Waals surface area contributed by atoms with Crippen molar-refractivity contribution in [1.29, 1.82) is 0 Å². The van der Waals surface area contributed by atoms with Gasteiger partial charge in [-0.25, -0.2) is 5.43 Å². The summed E-state index contributed by atoms with van der Waals surface area (Å²) in [5.74, 6) is -0.200. The van der Waals surface area contributed by atoms with E-state index in [1.54, 1.807) is 10.9 Å². The molecule has 0 aliphatic rings. The van der Waals surface area contributed by atoms with Crippen molar-refractivity contribution in [1.82, 2.24) is 15.2 Å². The van der Waals surface area contributed by atoms with Crippen LogP contribution in [-0.4, -0.2) is 28.4 Å². The first kappa shape index (κ1) is 16.5. The van der Waals surface area contributed by atoms with Gasteiger partial charge in [-0.3, -0.25) is 9.48 Å². The molecule has 1 amide bonds. The fourth-order valence-corrected chi connectivity index (χ4v) is 2.23. The molecule has 116 valence electrons. The smallest absolute Gasteiger partial charge is 0.259 e. The van der Waals surface area contributed by atoms with E-state index in [2.05, 4.69) is 43.5 Å². The van der Waals surface area contributed by atoms with Crippen molar-refractivity contribution < 1.29 is 4.79 Å². The predicted molar refractivity (Wildman–Crippen MR) is 96.1 cm³/mol. The monoisotopic (exact) mass is 411 g/mol. The standard InChI is InChI=1S/C15H18IN5O/c1-10-6-13(4-5-14(10)16)17-8-15(22)19-18-7-12-9-21(3)20-11(12)2/h4-7,9,17H,8H2,1-3H3,(H,19,22)/b18-7-. The van der Waals surface area contributed by atoms with Gasteiger partial charge in [-0.2, -0.15) is 10.2 Å². The molecule has 0 aliphatic heterocycles. The molecule has 0 fully saturated rings. The quantitative estimate of drug-likeness (QED) is 0.450. The Morgan fingerprint density at radius 2 is 2.23 bits per heavy atom. The zero-order chi connectivity index (χ0) is 16.1. The topological polar surface area (TPSA) is 71.3 Å². The lowest BCUT2D eigenvalue weighted by molar-refractivity contribution is -0.119. The third-order valence-electron chi connectivity index (χ3n) is 3.06. The highest BCUT2D eigenvalue weighted by atomic mass is 127. The molecule has 0 aliphatic carbocycles. The van der Waals surface area contributed by atoms with Crippen LogP contribution in [0.5, 0.6) is 0 Å². The lowest BCUT2D eigenvalue weighted by Crippen LogP contribution is -2.25. The summed E-state index contributed by atoms with van der Waals surface area (Å²) in [6, 6.07) is 5.97. The SMILES string of the molecule is Cc1cc(NCC(=O)N/N=C\c2cn(C)nc2C)ccc1I. The van der Waals surface area contributed by atoms with Crippen LogP contribution in [0.4, 0.5) is 5.69 Å². The van der Waals surface area contributed by atoms with Crippen LogP contribution in [0.3, 0.4) is 0 Å². The molecule has 0 saturated heterocycles. The number of halogens is 1. The second-order valence-electron chi connectivity index (χ2n) is 4.95. The van der Waals surface area contributed by atoms with Crippen LogP contribution in [0.1, 0.15) is 16.8 Å². The van der Waals surface area contributed by atoms with Gasteiger partial charge < -0.3 is 5.32 Å². The number of hydrogen-bond donors (Lipinski definition) is 2. The highest BCUT2D eigenvalue weighted by Crippen LogP contribution is 2.16. The zero-order valence-electron chi connectivity index (χ0n) is 12.7. The second-order valence-corrected chi connectivity index (χ2v) is 6.12. The Balaban J connectivity index is 1.83. The van der Waals surface area contributed by atoms with E-state index in [1.165, 1.54) is 9.13 Å². The van der Waals surface area contributed by atoms with Gasteiger partial charge in [-0.05, 0) is 60.2 Å². The minimum atomic E-state index is -0.200. The first-order valence-corrected chi connectivity index (χ1v) is 7.86. The van der Waals surface area contributed by atoms with Crippen LogP contribution < -0.4 is 10.7 Å². The van der Waals surface area contributed by atoms with Crippen molar-refractivity contribution in [2.45, 2.75) is 13.8 Å². The van der Waals surface area contributed by atoms with Crippen LogP contribution in [0.25, 0.3) is 0 Å². The zero-order valence-corrected chi connectivity index (χ0v) is 14.9. The summed E-state index contributed by atoms with van der Waals surface area (Å²) < 4.78 is 2.91. The number of anilines is 1. The molecule has 6 nitrogen and oxygen atoms in total. The Morgan fingerprint density at radius 3 is 2.86 bits per heavy atom. The van der Waals surface area contributed by atoms with Crippen molar-refractivity contribution in [2.24, 2.45) is 12.1 Å². The van der Waals surface area contributed by atoms with Crippen molar-refractivity contribution in [3.05, 3.63) is 44.8 Å². The van der Waals surface area contributed by atoms with E-state index in [4.69, 9.17) is 0 Å². The average Bonchev–Trinajstić information content (AvgIpc) is 2.78. The molecular formula is C15H18IN5O. The van der Waals surface area contributed by atoms with E-state index in [-0.39, 0.29) is 12.5 Å². The number of hydrogen-bond acceptors (Lipinski definition) is 4. The third kappa shape index (κ3) is 4.55. The summed E-state index contributed by atoms with van der Waals surface area (Å²) in [6.07, 6.45) is 3.44. The van der Waals surface area contributed by atoms with Crippen LogP contribution in [0.15, 0.2) is 29.5 Å². The van der Waals surface area contributed by atoms with Crippen LogP contribution in [0.2, 0.25) is 0 Å². The Bertz CT molecular complexity index is 708. The van der Waals surface area contributed by atoms with Gasteiger partial charge in [-0.1, -0.05) is 0 Å². The number of amides is 1. The lowest BCUT2D eigenvalue weighted by atomic mass is 10.2. The summed E-state index contributed by atoms with van der Waals surface area (Å²) in [5.41, 5.74) is 6.33. The Kier molecular flexibility index (Phi) is 5.53. The summed E-state index contributed by atoms with van der Waals surface area (Å²) in [4.78, 5) is 11.7. The van der Waals surface area contributed by atoms with Gasteiger partial charge in [0.2, 0.25) is 0 Å². The number of nitrogens with one attached hydrogen (secondary N) is 2. The first-order valence-electron chi connectivity index (χ1n) is 6.78. The van der Waals surface area contributed by atoms with Crippen molar-refractivity contribution in [3.8, 4) is 0 Å². The molecule has 1 aromatic carbocycles. The summed E-state index contributed by atoms with van der Waals surface area (Å²) in [7, 11) is 1.84. The van der Waals surface area contributed by atoms with Crippen LogP contribution in [0, 0.1) is 17.4 Å². The molecule has 7 heteroatoms. The van der Waals surface area contributed by atoms with Gasteiger partial charge in [0.1, 0.15) is 0 Å². The van der Waals surface area contributed by atoms with E-state index >= 15 is 0 Å². The molecular weight excluding hydrogens is 393 g/mol. The minimum Gasteiger partial charge on any atom is -0.376 e. The summed E-state index contributed by atoms with van der Waals surface area (Å²) in [6.45, 7) is 4.10. The van der Waals surface area contributed by atoms with E-state index < -0.39 is 0 Å². The molecule has 0 saturated carbocycles. The normalized spacial score (nSPS) is 10.9. The molecule has 0 atom stereocenters. The van der Waals surface area contributed by atoms with Crippen molar-refractivity contribution >= 4 is 40.4 Å². The van der Waals surface area contributed by atoms with E-state index in [9.17, 15) is 4.79 Å². The van der Waals surface area contributed by atoms with E-state index in [1.807, 2.05) is 45.3 Å². The van der Waals surface area contributed by atoms with Crippen LogP contribution in [-0.2, 0) is 11.8 Å². The second kappa shape index (κ2) is 7.39. The molecule has 2 rings (SSSR count). The molecule has 0 unspecified atom stereocenters. The lowest BCUT2D eigenvalue weighted by Gasteiger charge is -2.07. The van der Waals surface area contributed by atoms with Gasteiger partial charge in [0.05, 0.1) is 18.5 Å². The fourth-order valence-electron chi connectivity index (χ4n) is 1.89. The number of rotatable bonds is 5. The average molecular weight is 411 g/mol. The maximum absolute atomic E-state index is 11.7. The van der Waals surface area contributed by atoms with Gasteiger partial charge in [0, 0.05) is 28.1 Å². The van der Waals surface area contributed by atoms with Crippen molar-refractivity contribution in [2.75, 3.05) is 11.9 Å². The predicted octanol–water partition coefficient (Wildman–Crippen LogP) is 2.20. The molecule has 0 bridgehead atoms. The van der Waals surface area contributed by atoms with Crippen molar-refractivity contribution in [3.63, 3.8) is 0 Å². The molecule has 0 radical (unpaired) electrons. The molecule has 0 spiro atoms. The Hall–Kier alpha value is -1.90. The van der Waals surface area contributed by atoms with Crippen LogP contribution >= 0.6 is 22.6 Å². The highest BCUT2D eigenvalue weighted by Gasteiger charge is 2.02. The fraction of sp³-hybridized carbons (Fsp3) is 0.267. The number of hydrazone groups is 1. The van der Waals surface area contributed by atoms with Gasteiger partial charge >= 0.3 is 0 Å². The molecule has 1 heterocycles. The number of benzene rings is 1. The number of aryl methyl sites for hydroxylation is 3. The van der Waals surface area contributed by atoms with Gasteiger partial charge in [0.25, 0.3) is 5.91 Å². The summed E-state index contributed by atoms with van der Waals surface area (Å²) >= 11 is 2.28. The molecule has 22 heavy (non-hydrogen) atoms. The Morgan fingerprint density at radius 1 is 1.45 bits per heavy atom. The third-order valence-corrected chi connectivity index (χ3v) is 4.27. The van der Waals surface area contributed by atoms with E-state index in [0.717, 1.165) is 16.9 Å². The van der Waals surface area contributed by atoms with Gasteiger partial charge in [0.15, 0.2) is 0 Å². The maximum atomic E-state index is 11.7. The van der Waals surface area contributed by atoms with E-state index in [0.29, 0.717) is 0 Å². The first-order chi connectivity index (χ1) is 10.5. The largest absolute Gasteiger partial charge is 0.376 e.